The molecule has 0 atom stereocenters. The van der Waals surface area contributed by atoms with Gasteiger partial charge in [-0.3, -0.25) is 13.6 Å². The van der Waals surface area contributed by atoms with Gasteiger partial charge in [0, 0.05) is 11.7 Å². The average molecular weight is 284 g/mol. The van der Waals surface area contributed by atoms with Crippen molar-refractivity contribution in [2.24, 2.45) is 0 Å². The lowest BCUT2D eigenvalue weighted by molar-refractivity contribution is 0.684. The molecule has 0 aliphatic heterocycles. The minimum absolute atomic E-state index is 0.0612. The van der Waals surface area contributed by atoms with Crippen LogP contribution in [-0.4, -0.2) is 17.2 Å². The van der Waals surface area contributed by atoms with Crippen LogP contribution >= 0.6 is 0 Å². The van der Waals surface area contributed by atoms with Crippen molar-refractivity contribution in [3.63, 3.8) is 0 Å². The molecule has 2 aromatic heterocycles. The molecule has 0 unspecified atom stereocenters. The topological polar surface area (TPSA) is 25.8 Å². The van der Waals surface area contributed by atoms with Gasteiger partial charge in [-0.1, -0.05) is 18.2 Å². The number of hydrogen-bond donors (Lipinski definition) is 0. The third-order valence-corrected chi connectivity index (χ3v) is 3.69. The summed E-state index contributed by atoms with van der Waals surface area (Å²) in [5.41, 5.74) is 2.66. The number of rotatable bonds is 3. The first-order chi connectivity index (χ1) is 10.3. The molecule has 0 bridgehead atoms. The van der Waals surface area contributed by atoms with Gasteiger partial charge in [-0.15, -0.1) is 0 Å². The molecular weight excluding hydrogens is 269 g/mol. The molecule has 2 heterocycles. The third-order valence-electron chi connectivity index (χ3n) is 3.69. The predicted octanol–water partition coefficient (Wildman–Crippen LogP) is 3.74. The summed E-state index contributed by atoms with van der Waals surface area (Å²) < 4.78 is 26.4. The van der Waals surface area contributed by atoms with Gasteiger partial charge in [0.05, 0.1) is 17.1 Å². The van der Waals surface area contributed by atoms with Gasteiger partial charge >= 0.3 is 7.27 Å². The second-order valence-electron chi connectivity index (χ2n) is 5.13. The quantitative estimate of drug-likeness (QED) is 0.802. The summed E-state index contributed by atoms with van der Waals surface area (Å²) in [5, 5.41) is 0. The van der Waals surface area contributed by atoms with Crippen molar-refractivity contribution in [1.82, 2.24) is 9.97 Å². The van der Waals surface area contributed by atoms with Gasteiger partial charge in [0.1, 0.15) is 0 Å². The molecule has 2 nitrogen and oxygen atoms in total. The van der Waals surface area contributed by atoms with Crippen molar-refractivity contribution in [2.45, 2.75) is 25.7 Å². The van der Waals surface area contributed by atoms with Crippen molar-refractivity contribution in [2.75, 3.05) is 0 Å². The number of halogens is 2. The highest BCUT2D eigenvalue weighted by Crippen LogP contribution is 2.26. The van der Waals surface area contributed by atoms with Crippen LogP contribution in [0.1, 0.15) is 31.4 Å². The number of aromatic nitrogens is 2. The molecule has 0 spiro atoms. The van der Waals surface area contributed by atoms with Gasteiger partial charge in [-0.05, 0) is 49.5 Å². The van der Waals surface area contributed by atoms with Crippen molar-refractivity contribution in [1.29, 1.82) is 0 Å². The van der Waals surface area contributed by atoms with Crippen LogP contribution in [0.4, 0.5) is 8.63 Å². The fourth-order valence-corrected chi connectivity index (χ4v) is 2.60. The lowest BCUT2D eigenvalue weighted by atomic mass is 9.82. The molecule has 5 heteroatoms. The first kappa shape index (κ1) is 13.9. The molecule has 3 rings (SSSR count). The van der Waals surface area contributed by atoms with Crippen LogP contribution in [0.25, 0.3) is 17.0 Å². The Bertz CT molecular complexity index is 657. The Balaban J connectivity index is 2.08. The number of nitrogens with zero attached hydrogens (tertiary/aromatic N) is 2. The van der Waals surface area contributed by atoms with E-state index in [1.165, 1.54) is 12.5 Å². The Morgan fingerprint density at radius 2 is 1.90 bits per heavy atom. The molecule has 106 valence electrons. The van der Waals surface area contributed by atoms with Crippen LogP contribution in [0.5, 0.6) is 0 Å². The Kier molecular flexibility index (Phi) is 4.09. The third kappa shape index (κ3) is 3.02. The molecular formula is C16H15BF2N2. The van der Waals surface area contributed by atoms with Crippen LogP contribution in [0, 0.1) is 0 Å². The zero-order valence-electron chi connectivity index (χ0n) is 11.6. The van der Waals surface area contributed by atoms with Crippen LogP contribution in [0.2, 0.25) is 0 Å². The summed E-state index contributed by atoms with van der Waals surface area (Å²) >= 11 is 0. The fraction of sp³-hybridized carbons (Fsp3) is 0.250. The summed E-state index contributed by atoms with van der Waals surface area (Å²) in [5.74, 6) is 0. The van der Waals surface area contributed by atoms with Crippen LogP contribution < -0.4 is 5.46 Å². The number of hydrogen-bond acceptors (Lipinski definition) is 2. The van der Waals surface area contributed by atoms with E-state index in [0.717, 1.165) is 30.5 Å². The Hall–Kier alpha value is -2.04. The van der Waals surface area contributed by atoms with E-state index < -0.39 is 7.27 Å². The molecule has 0 saturated carbocycles. The van der Waals surface area contributed by atoms with Gasteiger partial charge in [0.2, 0.25) is 0 Å². The lowest BCUT2D eigenvalue weighted by Crippen LogP contribution is -2.25. The van der Waals surface area contributed by atoms with Crippen molar-refractivity contribution in [3.05, 3.63) is 48.3 Å². The maximum Gasteiger partial charge on any atom is 0.574 e. The lowest BCUT2D eigenvalue weighted by Gasteiger charge is -2.14. The van der Waals surface area contributed by atoms with Gasteiger partial charge in [-0.2, -0.15) is 0 Å². The minimum Gasteiger partial charge on any atom is -0.281 e. The van der Waals surface area contributed by atoms with Gasteiger partial charge in [0.25, 0.3) is 0 Å². The van der Waals surface area contributed by atoms with E-state index in [-0.39, 0.29) is 11.2 Å². The van der Waals surface area contributed by atoms with E-state index in [1.54, 1.807) is 30.5 Å². The molecule has 0 N–H and O–H groups in total. The average Bonchev–Trinajstić information content (AvgIpc) is 2.56. The fourth-order valence-electron chi connectivity index (χ4n) is 2.60. The molecule has 1 aliphatic carbocycles. The van der Waals surface area contributed by atoms with Gasteiger partial charge in [-0.25, -0.2) is 4.98 Å². The molecule has 0 radical (unpaired) electrons. The summed E-state index contributed by atoms with van der Waals surface area (Å²) in [6.45, 7) is 0. The second-order valence-corrected chi connectivity index (χ2v) is 5.13. The number of pyridine rings is 2. The SMILES string of the molecule is FB(F)c1ccc(C2=CCCCC2)nc1-c1ccccn1. The van der Waals surface area contributed by atoms with E-state index in [4.69, 9.17) is 0 Å². The predicted molar refractivity (Wildman–Crippen MR) is 81.5 cm³/mol. The van der Waals surface area contributed by atoms with Crippen molar-refractivity contribution < 1.29 is 8.63 Å². The summed E-state index contributed by atoms with van der Waals surface area (Å²) in [4.78, 5) is 8.64. The second kappa shape index (κ2) is 6.16. The number of allylic oxidation sites excluding steroid dienone is 2. The Morgan fingerprint density at radius 3 is 2.57 bits per heavy atom. The van der Waals surface area contributed by atoms with Crippen molar-refractivity contribution >= 4 is 18.3 Å². The molecule has 2 aromatic rings. The molecule has 0 amide bonds. The largest absolute Gasteiger partial charge is 0.574 e. The van der Waals surface area contributed by atoms with E-state index >= 15 is 0 Å². The van der Waals surface area contributed by atoms with E-state index in [9.17, 15) is 8.63 Å². The van der Waals surface area contributed by atoms with E-state index in [0.29, 0.717) is 5.69 Å². The smallest absolute Gasteiger partial charge is 0.281 e. The van der Waals surface area contributed by atoms with Crippen molar-refractivity contribution in [3.8, 4) is 11.4 Å². The molecule has 0 saturated heterocycles. The summed E-state index contributed by atoms with van der Waals surface area (Å²) in [7, 11) is -2.55. The zero-order chi connectivity index (χ0) is 14.7. The maximum absolute atomic E-state index is 13.2. The van der Waals surface area contributed by atoms with E-state index in [2.05, 4.69) is 16.0 Å². The normalized spacial score (nSPS) is 14.7. The first-order valence-corrected chi connectivity index (χ1v) is 7.15. The monoisotopic (exact) mass is 284 g/mol. The summed E-state index contributed by atoms with van der Waals surface area (Å²) in [6.07, 6.45) is 8.07. The molecule has 0 aromatic carbocycles. The van der Waals surface area contributed by atoms with Crippen LogP contribution in [0.3, 0.4) is 0 Å². The standard InChI is InChI=1S/C16H15BF2N2/c18-17(19)13-9-10-14(12-6-2-1-3-7-12)21-16(13)15-8-4-5-11-20-15/h4-6,8-11H,1-3,7H2. The maximum atomic E-state index is 13.2. The highest BCUT2D eigenvalue weighted by molar-refractivity contribution is 6.61. The van der Waals surface area contributed by atoms with Gasteiger partial charge in [0.15, 0.2) is 0 Å². The van der Waals surface area contributed by atoms with Crippen LogP contribution in [-0.2, 0) is 0 Å². The van der Waals surface area contributed by atoms with E-state index in [1.807, 2.05) is 0 Å². The highest BCUT2D eigenvalue weighted by Gasteiger charge is 2.24. The summed E-state index contributed by atoms with van der Waals surface area (Å²) in [6, 6.07) is 8.44. The molecule has 0 fully saturated rings. The zero-order valence-corrected chi connectivity index (χ0v) is 11.6. The van der Waals surface area contributed by atoms with Gasteiger partial charge < -0.3 is 0 Å². The van der Waals surface area contributed by atoms with Crippen LogP contribution in [0.15, 0.2) is 42.6 Å². The Labute approximate surface area is 123 Å². The molecule has 1 aliphatic rings. The molecule has 21 heavy (non-hydrogen) atoms. The Morgan fingerprint density at radius 1 is 1.00 bits per heavy atom. The highest BCUT2D eigenvalue weighted by atomic mass is 19.2. The minimum atomic E-state index is -2.55. The first-order valence-electron chi connectivity index (χ1n) is 7.15.